The van der Waals surface area contributed by atoms with Crippen molar-refractivity contribution in [3.63, 3.8) is 0 Å². The smallest absolute Gasteiger partial charge is 0.277 e. The molecule has 1 aliphatic rings. The molecule has 1 fully saturated rings. The van der Waals surface area contributed by atoms with E-state index in [2.05, 4.69) is 17.0 Å². The van der Waals surface area contributed by atoms with Crippen molar-refractivity contribution in [1.82, 2.24) is 19.7 Å². The molecule has 7 heteroatoms. The maximum absolute atomic E-state index is 13.2. The van der Waals surface area contributed by atoms with Gasteiger partial charge in [-0.25, -0.2) is 9.67 Å². The Hall–Kier alpha value is -2.02. The molecule has 0 N–H and O–H groups in total. The molecular formula is C20H28N4O2S. The summed E-state index contributed by atoms with van der Waals surface area (Å²) in [6.45, 7) is 7.83. The lowest BCUT2D eigenvalue weighted by atomic mass is 9.85. The number of aromatic nitrogens is 3. The molecule has 1 saturated carbocycles. The van der Waals surface area contributed by atoms with Gasteiger partial charge in [0, 0.05) is 20.1 Å². The summed E-state index contributed by atoms with van der Waals surface area (Å²) in [4.78, 5) is 32.9. The number of hydrogen-bond donors (Lipinski definition) is 0. The van der Waals surface area contributed by atoms with Crippen LogP contribution in [0.4, 0.5) is 0 Å². The van der Waals surface area contributed by atoms with Crippen molar-refractivity contribution < 1.29 is 4.79 Å². The second-order valence-electron chi connectivity index (χ2n) is 7.69. The Bertz CT molecular complexity index is 931. The second kappa shape index (κ2) is 7.54. The number of hydrogen-bond acceptors (Lipinski definition) is 5. The molecule has 0 unspecified atom stereocenters. The fraction of sp³-hybridized carbons (Fsp3) is 0.600. The van der Waals surface area contributed by atoms with Gasteiger partial charge in [-0.05, 0) is 45.1 Å². The zero-order valence-electron chi connectivity index (χ0n) is 17.0. The van der Waals surface area contributed by atoms with E-state index in [9.17, 15) is 9.59 Å². The van der Waals surface area contributed by atoms with Crippen molar-refractivity contribution in [3.05, 3.63) is 32.2 Å². The van der Waals surface area contributed by atoms with Crippen molar-refractivity contribution in [3.8, 4) is 10.6 Å². The van der Waals surface area contributed by atoms with Gasteiger partial charge in [-0.3, -0.25) is 9.59 Å². The highest BCUT2D eigenvalue weighted by atomic mass is 32.1. The summed E-state index contributed by atoms with van der Waals surface area (Å²) in [6.07, 6.45) is 4.64. The van der Waals surface area contributed by atoms with Gasteiger partial charge in [-0.15, -0.1) is 11.3 Å². The number of carbonyl (C=O) groups excluding carboxylic acids is 1. The van der Waals surface area contributed by atoms with Gasteiger partial charge in [0.25, 0.3) is 11.5 Å². The molecule has 0 radical (unpaired) electrons. The molecule has 0 aliphatic heterocycles. The van der Waals surface area contributed by atoms with E-state index in [0.29, 0.717) is 27.1 Å². The molecule has 0 bridgehead atoms. The summed E-state index contributed by atoms with van der Waals surface area (Å²) in [5, 5.41) is 4.83. The molecule has 6 nitrogen and oxygen atoms in total. The Labute approximate surface area is 164 Å². The SMILES string of the molecule is Cc1nc(-c2c(C)c(C)nn(C)c2=O)sc1C(=O)N(C)[C@H]1CCCC[C@H]1C. The first-order valence-corrected chi connectivity index (χ1v) is 10.3. The maximum atomic E-state index is 13.2. The Balaban J connectivity index is 1.98. The van der Waals surface area contributed by atoms with Crippen molar-refractivity contribution in [2.75, 3.05) is 7.05 Å². The molecule has 0 aromatic carbocycles. The van der Waals surface area contributed by atoms with Gasteiger partial charge in [-0.2, -0.15) is 5.10 Å². The number of amides is 1. The highest BCUT2D eigenvalue weighted by Crippen LogP contribution is 2.32. The molecular weight excluding hydrogens is 360 g/mol. The quantitative estimate of drug-likeness (QED) is 0.807. The minimum Gasteiger partial charge on any atom is -0.338 e. The summed E-state index contributed by atoms with van der Waals surface area (Å²) < 4.78 is 1.34. The number of thiazole rings is 1. The Morgan fingerprint density at radius 1 is 1.19 bits per heavy atom. The van der Waals surface area contributed by atoms with E-state index in [1.807, 2.05) is 32.7 Å². The molecule has 1 amide bonds. The van der Waals surface area contributed by atoms with Crippen LogP contribution < -0.4 is 5.56 Å². The third kappa shape index (κ3) is 3.57. The van der Waals surface area contributed by atoms with Gasteiger partial charge in [-0.1, -0.05) is 19.8 Å². The normalized spacial score (nSPS) is 19.9. The van der Waals surface area contributed by atoms with Crippen molar-refractivity contribution >= 4 is 17.2 Å². The molecule has 27 heavy (non-hydrogen) atoms. The molecule has 146 valence electrons. The first-order chi connectivity index (χ1) is 12.7. The van der Waals surface area contributed by atoms with Crippen LogP contribution in [0.1, 0.15) is 59.2 Å². The minimum atomic E-state index is -0.180. The molecule has 0 saturated heterocycles. The molecule has 1 aliphatic carbocycles. The van der Waals surface area contributed by atoms with Crippen LogP contribution in [-0.4, -0.2) is 38.7 Å². The Morgan fingerprint density at radius 3 is 2.52 bits per heavy atom. The predicted octanol–water partition coefficient (Wildman–Crippen LogP) is 3.48. The van der Waals surface area contributed by atoms with Crippen molar-refractivity contribution in [2.24, 2.45) is 13.0 Å². The monoisotopic (exact) mass is 388 g/mol. The number of carbonyl (C=O) groups is 1. The van der Waals surface area contributed by atoms with Gasteiger partial charge >= 0.3 is 0 Å². The van der Waals surface area contributed by atoms with Crippen LogP contribution >= 0.6 is 11.3 Å². The van der Waals surface area contributed by atoms with E-state index in [-0.39, 0.29) is 17.5 Å². The van der Waals surface area contributed by atoms with Crippen LogP contribution in [0.15, 0.2) is 4.79 Å². The summed E-state index contributed by atoms with van der Waals surface area (Å²) in [5.74, 6) is 0.521. The third-order valence-corrected chi connectivity index (χ3v) is 6.98. The van der Waals surface area contributed by atoms with E-state index in [0.717, 1.165) is 17.7 Å². The fourth-order valence-electron chi connectivity index (χ4n) is 3.99. The second-order valence-corrected chi connectivity index (χ2v) is 8.69. The van der Waals surface area contributed by atoms with Gasteiger partial charge in [0.15, 0.2) is 0 Å². The zero-order valence-corrected chi connectivity index (χ0v) is 17.8. The first kappa shape index (κ1) is 19.7. The zero-order chi connectivity index (χ0) is 19.9. The molecule has 2 atom stereocenters. The predicted molar refractivity (Wildman–Crippen MR) is 108 cm³/mol. The topological polar surface area (TPSA) is 68.1 Å². The van der Waals surface area contributed by atoms with Crippen LogP contribution in [-0.2, 0) is 7.05 Å². The number of nitrogens with zero attached hydrogens (tertiary/aromatic N) is 4. The first-order valence-electron chi connectivity index (χ1n) is 9.51. The van der Waals surface area contributed by atoms with E-state index < -0.39 is 0 Å². The largest absolute Gasteiger partial charge is 0.338 e. The van der Waals surface area contributed by atoms with Crippen LogP contribution in [0.5, 0.6) is 0 Å². The lowest BCUT2D eigenvalue weighted by Crippen LogP contribution is -2.42. The highest BCUT2D eigenvalue weighted by Gasteiger charge is 2.30. The highest BCUT2D eigenvalue weighted by molar-refractivity contribution is 7.17. The third-order valence-electron chi connectivity index (χ3n) is 5.81. The van der Waals surface area contributed by atoms with Crippen LogP contribution in [0, 0.1) is 26.7 Å². The van der Waals surface area contributed by atoms with Crippen LogP contribution in [0.3, 0.4) is 0 Å². The van der Waals surface area contributed by atoms with Crippen LogP contribution in [0.25, 0.3) is 10.6 Å². The summed E-state index contributed by atoms with van der Waals surface area (Å²) >= 11 is 1.32. The van der Waals surface area contributed by atoms with Crippen molar-refractivity contribution in [1.29, 1.82) is 0 Å². The molecule has 2 heterocycles. The summed E-state index contributed by atoms with van der Waals surface area (Å²) in [6, 6.07) is 0.272. The molecule has 2 aromatic rings. The van der Waals surface area contributed by atoms with Crippen LogP contribution in [0.2, 0.25) is 0 Å². The fourth-order valence-corrected chi connectivity index (χ4v) is 5.13. The lowest BCUT2D eigenvalue weighted by molar-refractivity contribution is 0.0633. The van der Waals surface area contributed by atoms with Gasteiger partial charge < -0.3 is 4.90 Å². The summed E-state index contributed by atoms with van der Waals surface area (Å²) in [7, 11) is 3.54. The van der Waals surface area contributed by atoms with E-state index >= 15 is 0 Å². The van der Waals surface area contributed by atoms with Gasteiger partial charge in [0.2, 0.25) is 0 Å². The number of rotatable bonds is 3. The average Bonchev–Trinajstić information content (AvgIpc) is 3.01. The Kier molecular flexibility index (Phi) is 5.51. The number of aryl methyl sites for hydroxylation is 3. The molecule has 3 rings (SSSR count). The standard InChI is InChI=1S/C20H28N4O2S/c1-11-9-7-8-10-15(11)23(5)20(26)17-14(4)21-18(27-17)16-12(2)13(3)22-24(6)19(16)25/h11,15H,7-10H2,1-6H3/t11-,15+/m1/s1. The summed E-state index contributed by atoms with van der Waals surface area (Å²) in [5.41, 5.74) is 2.67. The Morgan fingerprint density at radius 2 is 1.85 bits per heavy atom. The molecule has 0 spiro atoms. The van der Waals surface area contributed by atoms with E-state index in [4.69, 9.17) is 0 Å². The van der Waals surface area contributed by atoms with E-state index in [1.165, 1.54) is 35.3 Å². The average molecular weight is 389 g/mol. The van der Waals surface area contributed by atoms with Gasteiger partial charge in [0.1, 0.15) is 9.88 Å². The van der Waals surface area contributed by atoms with Gasteiger partial charge in [0.05, 0.1) is 17.0 Å². The minimum absolute atomic E-state index is 0.00950. The maximum Gasteiger partial charge on any atom is 0.277 e. The van der Waals surface area contributed by atoms with Crippen molar-refractivity contribution in [2.45, 2.75) is 59.4 Å². The lowest BCUT2D eigenvalue weighted by Gasteiger charge is -2.36. The van der Waals surface area contributed by atoms with E-state index in [1.54, 1.807) is 7.05 Å². The molecule has 2 aromatic heterocycles.